The second-order valence-corrected chi connectivity index (χ2v) is 9.77. The zero-order valence-electron chi connectivity index (χ0n) is 17.1. The highest BCUT2D eigenvalue weighted by Crippen LogP contribution is 2.35. The smallest absolute Gasteiger partial charge is 0.211 e. The Morgan fingerprint density at radius 1 is 1.19 bits per heavy atom. The number of nitrogens with zero attached hydrogens (tertiary/aromatic N) is 8. The highest BCUT2D eigenvalue weighted by molar-refractivity contribution is 7.88. The van der Waals surface area contributed by atoms with Crippen LogP contribution in [0.25, 0.3) is 33.5 Å². The van der Waals surface area contributed by atoms with Gasteiger partial charge >= 0.3 is 0 Å². The fraction of sp³-hybridized carbons (Fsp3) is 0.238. The molecule has 0 aliphatic carbocycles. The summed E-state index contributed by atoms with van der Waals surface area (Å²) in [6.07, 6.45) is 9.63. The summed E-state index contributed by atoms with van der Waals surface area (Å²) in [6.45, 7) is 0.412. The van der Waals surface area contributed by atoms with Crippen LogP contribution in [0.5, 0.6) is 0 Å². The minimum absolute atomic E-state index is 0.150. The monoisotopic (exact) mass is 446 g/mol. The second-order valence-electron chi connectivity index (χ2n) is 7.79. The van der Waals surface area contributed by atoms with Crippen LogP contribution in [-0.4, -0.2) is 61.8 Å². The average Bonchev–Trinajstić information content (AvgIpc) is 3.25. The summed E-state index contributed by atoms with van der Waals surface area (Å²) in [5.41, 5.74) is 2.72. The first kappa shape index (κ1) is 20.2. The summed E-state index contributed by atoms with van der Waals surface area (Å²) in [4.78, 5) is 17.4. The van der Waals surface area contributed by atoms with Gasteiger partial charge in [-0.2, -0.15) is 14.7 Å². The molecule has 11 heteroatoms. The molecule has 0 aromatic carbocycles. The van der Waals surface area contributed by atoms with Gasteiger partial charge in [0, 0.05) is 48.8 Å². The summed E-state index contributed by atoms with van der Waals surface area (Å²) >= 11 is 0. The molecule has 1 aliphatic heterocycles. The number of aromatic nitrogens is 6. The normalized spacial score (nSPS) is 15.9. The number of pyridine rings is 2. The Hall–Kier alpha value is -3.75. The molecule has 0 bridgehead atoms. The standard InChI is InChI=1S/C21H18N8O2S/c1-32(30,31)28-12-21(13-28,5-6-22)29-8-4-17(27-29)20-16-3-2-7-25-19(16)9-18(26-20)15-10-23-14-24-11-15/h2-4,7-11,14H,5,12-13H2,1H3. The largest absolute Gasteiger partial charge is 0.262 e. The maximum atomic E-state index is 11.9. The van der Waals surface area contributed by atoms with E-state index in [9.17, 15) is 13.7 Å². The van der Waals surface area contributed by atoms with E-state index in [1.807, 2.05) is 24.3 Å². The second kappa shape index (κ2) is 7.44. The topological polar surface area (TPSA) is 131 Å². The Kier molecular flexibility index (Phi) is 4.69. The highest BCUT2D eigenvalue weighted by atomic mass is 32.2. The molecule has 10 nitrogen and oxygen atoms in total. The summed E-state index contributed by atoms with van der Waals surface area (Å²) in [5, 5.41) is 14.9. The zero-order valence-corrected chi connectivity index (χ0v) is 17.9. The van der Waals surface area contributed by atoms with E-state index < -0.39 is 15.6 Å². The van der Waals surface area contributed by atoms with Crippen molar-refractivity contribution >= 4 is 20.9 Å². The molecule has 0 spiro atoms. The minimum atomic E-state index is -3.32. The molecule has 0 unspecified atom stereocenters. The predicted octanol–water partition coefficient (Wildman–Crippen LogP) is 1.83. The first-order valence-corrected chi connectivity index (χ1v) is 11.6. The van der Waals surface area contributed by atoms with Crippen molar-refractivity contribution < 1.29 is 8.42 Å². The van der Waals surface area contributed by atoms with Gasteiger partial charge in [0.1, 0.15) is 23.3 Å². The molecule has 0 saturated carbocycles. The molecule has 4 aromatic heterocycles. The van der Waals surface area contributed by atoms with Crippen LogP contribution in [0.15, 0.2) is 55.4 Å². The predicted molar refractivity (Wildman–Crippen MR) is 116 cm³/mol. The van der Waals surface area contributed by atoms with E-state index in [2.05, 4.69) is 21.0 Å². The molecule has 160 valence electrons. The number of nitriles is 1. The summed E-state index contributed by atoms with van der Waals surface area (Å²) in [7, 11) is -3.32. The van der Waals surface area contributed by atoms with Crippen LogP contribution in [0.1, 0.15) is 6.42 Å². The quantitative estimate of drug-likeness (QED) is 0.454. The third-order valence-electron chi connectivity index (χ3n) is 5.59. The third kappa shape index (κ3) is 3.39. The molecule has 0 atom stereocenters. The van der Waals surface area contributed by atoms with Gasteiger partial charge in [-0.25, -0.2) is 23.4 Å². The van der Waals surface area contributed by atoms with E-state index >= 15 is 0 Å². The molecule has 4 aromatic rings. The SMILES string of the molecule is CS(=O)(=O)N1CC(CC#N)(n2ccc(-c3nc(-c4cncnc4)cc4ncccc34)n2)C1. The fourth-order valence-corrected chi connectivity index (χ4v) is 4.84. The van der Waals surface area contributed by atoms with Crippen molar-refractivity contribution in [3.05, 3.63) is 55.4 Å². The Morgan fingerprint density at radius 3 is 2.69 bits per heavy atom. The Bertz CT molecular complexity index is 1450. The maximum Gasteiger partial charge on any atom is 0.211 e. The number of rotatable bonds is 5. The van der Waals surface area contributed by atoms with Crippen molar-refractivity contribution in [1.82, 2.24) is 34.0 Å². The lowest BCUT2D eigenvalue weighted by molar-refractivity contribution is 0.0726. The number of hydrogen-bond donors (Lipinski definition) is 0. The van der Waals surface area contributed by atoms with E-state index in [4.69, 9.17) is 10.1 Å². The van der Waals surface area contributed by atoms with Crippen LogP contribution in [0, 0.1) is 11.3 Å². The lowest BCUT2D eigenvalue weighted by Gasteiger charge is -2.47. The van der Waals surface area contributed by atoms with Crippen molar-refractivity contribution in [1.29, 1.82) is 5.26 Å². The van der Waals surface area contributed by atoms with E-state index in [0.29, 0.717) is 17.1 Å². The van der Waals surface area contributed by atoms with Crippen LogP contribution in [0.2, 0.25) is 0 Å². The minimum Gasteiger partial charge on any atom is -0.262 e. The van der Waals surface area contributed by atoms with Gasteiger partial charge in [-0.1, -0.05) is 0 Å². The highest BCUT2D eigenvalue weighted by Gasteiger charge is 2.49. The van der Waals surface area contributed by atoms with E-state index in [1.54, 1.807) is 29.5 Å². The molecule has 1 fully saturated rings. The lowest BCUT2D eigenvalue weighted by Crippen LogP contribution is -2.63. The molecule has 1 aliphatic rings. The fourth-order valence-electron chi connectivity index (χ4n) is 3.89. The van der Waals surface area contributed by atoms with E-state index in [-0.39, 0.29) is 19.5 Å². The molecule has 32 heavy (non-hydrogen) atoms. The van der Waals surface area contributed by atoms with Crippen LogP contribution in [-0.2, 0) is 15.6 Å². The van der Waals surface area contributed by atoms with Crippen LogP contribution < -0.4 is 0 Å². The van der Waals surface area contributed by atoms with Gasteiger partial charge in [0.15, 0.2) is 0 Å². The number of hydrogen-bond acceptors (Lipinski definition) is 8. The molecule has 1 saturated heterocycles. The molecular weight excluding hydrogens is 428 g/mol. The maximum absolute atomic E-state index is 11.9. The summed E-state index contributed by atoms with van der Waals surface area (Å²) < 4.78 is 26.8. The first-order chi connectivity index (χ1) is 15.4. The van der Waals surface area contributed by atoms with Gasteiger partial charge in [0.2, 0.25) is 10.0 Å². The molecule has 5 rings (SSSR count). The van der Waals surface area contributed by atoms with Crippen LogP contribution in [0.4, 0.5) is 0 Å². The van der Waals surface area contributed by atoms with Gasteiger partial charge in [0.25, 0.3) is 0 Å². The molecule has 0 radical (unpaired) electrons. The zero-order chi connectivity index (χ0) is 22.3. The molecular formula is C21H18N8O2S. The van der Waals surface area contributed by atoms with Crippen LogP contribution in [0.3, 0.4) is 0 Å². The first-order valence-electron chi connectivity index (χ1n) is 9.79. The summed E-state index contributed by atoms with van der Waals surface area (Å²) in [5.74, 6) is 0. The van der Waals surface area contributed by atoms with Crippen LogP contribution >= 0.6 is 0 Å². The molecule has 0 amide bonds. The van der Waals surface area contributed by atoms with Crippen molar-refractivity contribution in [2.24, 2.45) is 0 Å². The molecule has 5 heterocycles. The van der Waals surface area contributed by atoms with Gasteiger partial charge in [0.05, 0.1) is 30.0 Å². The van der Waals surface area contributed by atoms with E-state index in [0.717, 1.165) is 16.5 Å². The Balaban J connectivity index is 1.60. The third-order valence-corrected chi connectivity index (χ3v) is 6.79. The summed E-state index contributed by atoms with van der Waals surface area (Å²) in [6, 6.07) is 9.63. The number of sulfonamides is 1. The van der Waals surface area contributed by atoms with Gasteiger partial charge < -0.3 is 0 Å². The Morgan fingerprint density at radius 2 is 1.97 bits per heavy atom. The van der Waals surface area contributed by atoms with Crippen molar-refractivity contribution in [2.75, 3.05) is 19.3 Å². The van der Waals surface area contributed by atoms with Crippen molar-refractivity contribution in [2.45, 2.75) is 12.0 Å². The van der Waals surface area contributed by atoms with Crippen molar-refractivity contribution in [3.63, 3.8) is 0 Å². The van der Waals surface area contributed by atoms with Gasteiger partial charge in [-0.05, 0) is 24.3 Å². The van der Waals surface area contributed by atoms with Crippen molar-refractivity contribution in [3.8, 4) is 28.7 Å². The van der Waals surface area contributed by atoms with E-state index in [1.165, 1.54) is 16.9 Å². The average molecular weight is 446 g/mol. The lowest BCUT2D eigenvalue weighted by atomic mass is 9.89. The Labute approximate surface area is 184 Å². The molecule has 0 N–H and O–H groups in total. The van der Waals surface area contributed by atoms with Gasteiger partial charge in [-0.15, -0.1) is 0 Å². The number of fused-ring (bicyclic) bond motifs is 1. The van der Waals surface area contributed by atoms with Gasteiger partial charge in [-0.3, -0.25) is 9.67 Å².